The van der Waals surface area contributed by atoms with Crippen LogP contribution in [0.2, 0.25) is 0 Å². The Morgan fingerprint density at radius 2 is 1.81 bits per heavy atom. The summed E-state index contributed by atoms with van der Waals surface area (Å²) in [7, 11) is 0. The van der Waals surface area contributed by atoms with Crippen LogP contribution in [0.15, 0.2) is 36.4 Å². The summed E-state index contributed by atoms with van der Waals surface area (Å²) < 4.78 is 13.9. The van der Waals surface area contributed by atoms with Crippen molar-refractivity contribution >= 4 is 37.6 Å². The molecule has 4 aromatic rings. The van der Waals surface area contributed by atoms with Crippen molar-refractivity contribution < 1.29 is 9.47 Å². The second kappa shape index (κ2) is 7.22. The van der Waals surface area contributed by atoms with Crippen molar-refractivity contribution in [3.63, 3.8) is 0 Å². The largest absolute Gasteiger partial charge is 0.378 e. The highest BCUT2D eigenvalue weighted by Crippen LogP contribution is 2.40. The summed E-state index contributed by atoms with van der Waals surface area (Å²) >= 11 is 1.75. The van der Waals surface area contributed by atoms with Crippen molar-refractivity contribution in [1.82, 2.24) is 15.0 Å². The zero-order valence-corrected chi connectivity index (χ0v) is 18.5. The number of benzene rings is 1. The first-order valence-corrected chi connectivity index (χ1v) is 11.5. The van der Waals surface area contributed by atoms with E-state index >= 15 is 0 Å². The Labute approximate surface area is 184 Å². The van der Waals surface area contributed by atoms with Gasteiger partial charge in [0.1, 0.15) is 11.0 Å². The standard InChI is InChI=1S/C24H24N4O2S/c1-24(2)13-16-12-18-19(25-17(16)14-30-24)20-21(31-18)23(28-8-10-29-11-9-28)27-22(26-20)15-6-4-3-5-7-15/h3-7,12H,8-11,13-14H2,1-2H3. The van der Waals surface area contributed by atoms with E-state index in [1.54, 1.807) is 11.3 Å². The van der Waals surface area contributed by atoms with Crippen LogP contribution in [0.1, 0.15) is 25.1 Å². The highest BCUT2D eigenvalue weighted by Gasteiger charge is 2.29. The van der Waals surface area contributed by atoms with E-state index in [9.17, 15) is 0 Å². The molecule has 5 heterocycles. The van der Waals surface area contributed by atoms with Gasteiger partial charge in [0.05, 0.1) is 40.5 Å². The van der Waals surface area contributed by atoms with Gasteiger partial charge in [-0.05, 0) is 25.5 Å². The van der Waals surface area contributed by atoms with E-state index in [2.05, 4.69) is 36.9 Å². The Kier molecular flexibility index (Phi) is 4.45. The lowest BCUT2D eigenvalue weighted by Gasteiger charge is -2.31. The maximum absolute atomic E-state index is 6.03. The molecule has 0 N–H and O–H groups in total. The lowest BCUT2D eigenvalue weighted by molar-refractivity contribution is -0.0418. The number of anilines is 1. The van der Waals surface area contributed by atoms with Gasteiger partial charge in [-0.3, -0.25) is 0 Å². The molecule has 6 nitrogen and oxygen atoms in total. The molecule has 1 fully saturated rings. The zero-order chi connectivity index (χ0) is 21.0. The summed E-state index contributed by atoms with van der Waals surface area (Å²) in [5.74, 6) is 1.73. The molecule has 0 amide bonds. The average Bonchev–Trinajstić information content (AvgIpc) is 3.15. The van der Waals surface area contributed by atoms with E-state index in [0.717, 1.165) is 71.4 Å². The zero-order valence-electron chi connectivity index (χ0n) is 17.7. The van der Waals surface area contributed by atoms with Crippen molar-refractivity contribution in [2.75, 3.05) is 31.2 Å². The first-order chi connectivity index (χ1) is 15.1. The molecule has 0 saturated carbocycles. The summed E-state index contributed by atoms with van der Waals surface area (Å²) in [6.07, 6.45) is 0.872. The third-order valence-corrected chi connectivity index (χ3v) is 7.11. The highest BCUT2D eigenvalue weighted by molar-refractivity contribution is 7.26. The Balaban J connectivity index is 1.59. The third kappa shape index (κ3) is 3.37. The van der Waals surface area contributed by atoms with Gasteiger partial charge < -0.3 is 14.4 Å². The third-order valence-electron chi connectivity index (χ3n) is 6.00. The number of ether oxygens (including phenoxy) is 2. The molecule has 3 aromatic heterocycles. The number of morpholine rings is 1. The maximum Gasteiger partial charge on any atom is 0.162 e. The molecule has 31 heavy (non-hydrogen) atoms. The first kappa shape index (κ1) is 19.1. The number of thiophene rings is 1. The molecule has 0 unspecified atom stereocenters. The SMILES string of the molecule is CC1(C)Cc2cc3sc4c(N5CCOCC5)nc(-c5ccccc5)nc4c3nc2CO1. The van der Waals surface area contributed by atoms with E-state index in [0.29, 0.717) is 6.61 Å². The van der Waals surface area contributed by atoms with Crippen molar-refractivity contribution in [2.45, 2.75) is 32.5 Å². The molecule has 0 atom stereocenters. The molecule has 7 heteroatoms. The normalized spacial score (nSPS) is 18.5. The number of hydrogen-bond donors (Lipinski definition) is 0. The molecule has 6 rings (SSSR count). The van der Waals surface area contributed by atoms with Crippen molar-refractivity contribution in [2.24, 2.45) is 0 Å². The summed E-state index contributed by atoms with van der Waals surface area (Å²) in [6, 6.07) is 12.5. The predicted octanol–water partition coefficient (Wildman–Crippen LogP) is 4.59. The fourth-order valence-corrected chi connectivity index (χ4v) is 5.54. The van der Waals surface area contributed by atoms with Crippen LogP contribution in [0, 0.1) is 0 Å². The van der Waals surface area contributed by atoms with Crippen LogP contribution in [0.5, 0.6) is 0 Å². The summed E-state index contributed by atoms with van der Waals surface area (Å²) in [5.41, 5.74) is 5.05. The number of fused-ring (bicyclic) bond motifs is 4. The van der Waals surface area contributed by atoms with Gasteiger partial charge in [-0.1, -0.05) is 30.3 Å². The van der Waals surface area contributed by atoms with E-state index in [1.807, 2.05) is 18.2 Å². The minimum absolute atomic E-state index is 0.154. The van der Waals surface area contributed by atoms with Crippen molar-refractivity contribution in [1.29, 1.82) is 0 Å². The van der Waals surface area contributed by atoms with Gasteiger partial charge in [0, 0.05) is 25.1 Å². The number of rotatable bonds is 2. The Bertz CT molecular complexity index is 1280. The second-order valence-electron chi connectivity index (χ2n) is 8.78. The van der Waals surface area contributed by atoms with Crippen LogP contribution < -0.4 is 4.90 Å². The molecule has 2 aliphatic rings. The Morgan fingerprint density at radius 3 is 2.61 bits per heavy atom. The van der Waals surface area contributed by atoms with Gasteiger partial charge in [-0.15, -0.1) is 11.3 Å². The molecule has 0 spiro atoms. The Morgan fingerprint density at radius 1 is 1.00 bits per heavy atom. The molecule has 0 aliphatic carbocycles. The molecule has 0 radical (unpaired) electrons. The number of pyridine rings is 1. The Hall–Kier alpha value is -2.61. The van der Waals surface area contributed by atoms with Crippen LogP contribution in [-0.2, 0) is 22.5 Å². The quantitative estimate of drug-likeness (QED) is 0.462. The summed E-state index contributed by atoms with van der Waals surface area (Å²) in [5, 5.41) is 0. The highest BCUT2D eigenvalue weighted by atomic mass is 32.1. The molecular weight excluding hydrogens is 408 g/mol. The molecule has 158 valence electrons. The van der Waals surface area contributed by atoms with Crippen molar-refractivity contribution in [3.05, 3.63) is 47.7 Å². The van der Waals surface area contributed by atoms with Crippen molar-refractivity contribution in [3.8, 4) is 11.4 Å². The average molecular weight is 433 g/mol. The minimum atomic E-state index is -0.154. The van der Waals surface area contributed by atoms with Crippen LogP contribution >= 0.6 is 11.3 Å². The first-order valence-electron chi connectivity index (χ1n) is 10.7. The predicted molar refractivity (Wildman–Crippen MR) is 124 cm³/mol. The maximum atomic E-state index is 6.03. The van der Waals surface area contributed by atoms with Crippen LogP contribution in [0.3, 0.4) is 0 Å². The van der Waals surface area contributed by atoms with Gasteiger partial charge in [0.2, 0.25) is 0 Å². The summed E-state index contributed by atoms with van der Waals surface area (Å²) in [4.78, 5) is 17.4. The van der Waals surface area contributed by atoms with Gasteiger partial charge in [0.15, 0.2) is 11.6 Å². The molecule has 0 bridgehead atoms. The van der Waals surface area contributed by atoms with E-state index in [1.165, 1.54) is 10.3 Å². The van der Waals surface area contributed by atoms with E-state index in [-0.39, 0.29) is 5.60 Å². The van der Waals surface area contributed by atoms with Crippen LogP contribution in [0.4, 0.5) is 5.82 Å². The lowest BCUT2D eigenvalue weighted by atomic mass is 9.94. The number of hydrogen-bond acceptors (Lipinski definition) is 7. The van der Waals surface area contributed by atoms with Gasteiger partial charge in [0.25, 0.3) is 0 Å². The van der Waals surface area contributed by atoms with Crippen LogP contribution in [-0.4, -0.2) is 46.9 Å². The molecular formula is C24H24N4O2S. The molecule has 1 aromatic carbocycles. The number of nitrogens with zero attached hydrogens (tertiary/aromatic N) is 4. The van der Waals surface area contributed by atoms with Gasteiger partial charge in [-0.2, -0.15) is 0 Å². The fourth-order valence-electron chi connectivity index (χ4n) is 4.38. The van der Waals surface area contributed by atoms with Gasteiger partial charge in [-0.25, -0.2) is 15.0 Å². The number of aromatic nitrogens is 3. The summed E-state index contributed by atoms with van der Waals surface area (Å²) in [6.45, 7) is 7.92. The van der Waals surface area contributed by atoms with E-state index < -0.39 is 0 Å². The molecule has 1 saturated heterocycles. The minimum Gasteiger partial charge on any atom is -0.378 e. The van der Waals surface area contributed by atoms with E-state index in [4.69, 9.17) is 24.4 Å². The second-order valence-corrected chi connectivity index (χ2v) is 9.83. The monoisotopic (exact) mass is 432 g/mol. The lowest BCUT2D eigenvalue weighted by Crippen LogP contribution is -2.36. The fraction of sp³-hybridized carbons (Fsp3) is 0.375. The smallest absolute Gasteiger partial charge is 0.162 e. The van der Waals surface area contributed by atoms with Gasteiger partial charge >= 0.3 is 0 Å². The molecule has 2 aliphatic heterocycles. The topological polar surface area (TPSA) is 60.4 Å². The van der Waals surface area contributed by atoms with Crippen LogP contribution in [0.25, 0.3) is 31.8 Å².